The topological polar surface area (TPSA) is 49.3 Å². The number of carbonyl (C=O) groups is 1. The molecule has 0 bridgehead atoms. The second kappa shape index (κ2) is 4.34. The molecule has 0 aromatic heterocycles. The van der Waals surface area contributed by atoms with Crippen LogP contribution in [0, 0.1) is 0 Å². The zero-order valence-electron chi connectivity index (χ0n) is 12.0. The van der Waals surface area contributed by atoms with Gasteiger partial charge in [-0.25, -0.2) is 0 Å². The van der Waals surface area contributed by atoms with Crippen LogP contribution in [0.25, 0.3) is 1.43 Å². The fourth-order valence-corrected chi connectivity index (χ4v) is 0.401. The van der Waals surface area contributed by atoms with Gasteiger partial charge < -0.3 is 10.4 Å². The molecule has 0 aliphatic carbocycles. The molecule has 0 spiro atoms. The number of nitrogens with one attached hydrogen (secondary N) is 1. The lowest BCUT2D eigenvalue weighted by molar-refractivity contribution is -0.137. The maximum atomic E-state index is 10.9. The molecule has 11 heavy (non-hydrogen) atoms. The Bertz CT molecular complexity index is 253. The molecule has 3 nitrogen and oxygen atoms in total. The molecule has 0 radical (unpaired) electrons. The van der Waals surface area contributed by atoms with E-state index in [-0.39, 0.29) is 0 Å². The summed E-state index contributed by atoms with van der Waals surface area (Å²) in [6.07, 6.45) is -4.34. The van der Waals surface area contributed by atoms with Gasteiger partial charge in [-0.05, 0) is 33.7 Å². The first-order valence-electron chi connectivity index (χ1n) is 5.88. The molecule has 0 amide bonds. The van der Waals surface area contributed by atoms with Crippen molar-refractivity contribution < 1.29 is 15.4 Å². The van der Waals surface area contributed by atoms with E-state index in [4.69, 9.17) is 6.91 Å². The highest BCUT2D eigenvalue weighted by Gasteiger charge is 2.07. The number of rotatable bonds is 4. The van der Waals surface area contributed by atoms with Gasteiger partial charge >= 0.3 is 5.97 Å². The lowest BCUT2D eigenvalue weighted by Crippen LogP contribution is -2.36. The van der Waals surface area contributed by atoms with Crippen molar-refractivity contribution in [3.8, 4) is 0 Å². The van der Waals surface area contributed by atoms with Crippen molar-refractivity contribution in [2.75, 3.05) is 6.52 Å². The lowest BCUT2D eigenvalue weighted by atomic mass is 10.1. The van der Waals surface area contributed by atoms with E-state index in [1.807, 2.05) is 0 Å². The normalized spacial score (nSPS) is 24.8. The molecule has 3 heteroatoms. The van der Waals surface area contributed by atoms with Crippen molar-refractivity contribution in [2.45, 2.75) is 39.1 Å². The van der Waals surface area contributed by atoms with Crippen LogP contribution in [0.3, 0.4) is 0 Å². The molecular weight excluding hydrogens is 142 g/mol. The average Bonchev–Trinajstić information content (AvgIpc) is 2.12. The van der Waals surface area contributed by atoms with Crippen LogP contribution in [0.1, 0.15) is 39.0 Å². The van der Waals surface area contributed by atoms with Crippen LogP contribution >= 0.6 is 0 Å². The first-order chi connectivity index (χ1) is 7.02. The van der Waals surface area contributed by atoms with Crippen molar-refractivity contribution >= 4 is 5.97 Å². The highest BCUT2D eigenvalue weighted by atomic mass is 16.4. The highest BCUT2D eigenvalue weighted by molar-refractivity contribution is 5.66. The molecule has 0 aromatic carbocycles. The van der Waals surface area contributed by atoms with E-state index in [1.165, 1.54) is 0 Å². The second-order valence-corrected chi connectivity index (χ2v) is 3.16. The van der Waals surface area contributed by atoms with Crippen LogP contribution < -0.4 is 5.32 Å². The van der Waals surface area contributed by atoms with E-state index in [0.29, 0.717) is 0 Å². The second-order valence-electron chi connectivity index (χ2n) is 3.16. The van der Waals surface area contributed by atoms with Gasteiger partial charge in [-0.1, -0.05) is 0 Å². The van der Waals surface area contributed by atoms with Gasteiger partial charge in [-0.3, -0.25) is 4.79 Å². The summed E-state index contributed by atoms with van der Waals surface area (Å²) >= 11 is 0. The first-order valence-corrected chi connectivity index (χ1v) is 3.32. The van der Waals surface area contributed by atoms with Crippen LogP contribution in [0.15, 0.2) is 0 Å². The van der Waals surface area contributed by atoms with Crippen molar-refractivity contribution in [3.63, 3.8) is 0 Å². The van der Waals surface area contributed by atoms with Gasteiger partial charge in [0.25, 0.3) is 1.43 Å². The van der Waals surface area contributed by atoms with Crippen molar-refractivity contribution in [2.24, 2.45) is 0 Å². The van der Waals surface area contributed by atoms with E-state index in [1.54, 1.807) is 20.8 Å². The zero-order valence-corrected chi connectivity index (χ0v) is 6.97. The summed E-state index contributed by atoms with van der Waals surface area (Å²) in [7, 11) is 0. The summed E-state index contributed by atoms with van der Waals surface area (Å²) in [6.45, 7) is 4.01. The predicted octanol–water partition coefficient (Wildman–Crippen LogP) is 1.24. The van der Waals surface area contributed by atoms with E-state index >= 15 is 0 Å². The quantitative estimate of drug-likeness (QED) is 0.657. The van der Waals surface area contributed by atoms with Gasteiger partial charge in [0.05, 0.1) is 0 Å². The largest absolute Gasteiger partial charge is 0.481 e. The Labute approximate surface area is 74.9 Å². The first kappa shape index (κ1) is 4.45. The third-order valence-electron chi connectivity index (χ3n) is 0.801. The number of aliphatic carboxylic acids is 1. The maximum absolute atomic E-state index is 10.9. The monoisotopic (exact) mass is 164 g/mol. The summed E-state index contributed by atoms with van der Waals surface area (Å²) < 4.78 is 36.0. The Morgan fingerprint density at radius 1 is 1.73 bits per heavy atom. The number of carboxylic acid groups (broad SMARTS) is 1. The molecule has 0 heterocycles. The van der Waals surface area contributed by atoms with Gasteiger partial charge in [0.1, 0.15) is 0 Å². The van der Waals surface area contributed by atoms with Crippen LogP contribution in [0.5, 0.6) is 0 Å². The van der Waals surface area contributed by atoms with E-state index in [0.717, 1.165) is 0 Å². The number of carboxylic acids is 1. The molecule has 0 rings (SSSR count). The summed E-state index contributed by atoms with van der Waals surface area (Å²) in [5, 5.41) is 6.20. The lowest BCUT2D eigenvalue weighted by Gasteiger charge is -2.19. The van der Waals surface area contributed by atoms with E-state index in [2.05, 4.69) is 10.4 Å². The molecule has 0 aliphatic rings. The van der Waals surface area contributed by atoms with Gasteiger partial charge in [0, 0.05) is 17.4 Å². The minimum atomic E-state index is -2.67. The Morgan fingerprint density at radius 3 is 2.82 bits per heavy atom. The number of hydrogen-bond donors (Lipinski definition) is 2. The molecule has 2 N–H and O–H groups in total. The molecule has 2 atom stereocenters. The third kappa shape index (κ3) is 9.43. The molecule has 66 valence electrons. The zero-order chi connectivity index (χ0) is 13.1. The molecule has 0 saturated carbocycles. The minimum Gasteiger partial charge on any atom is -0.481 e. The molecule has 2 unspecified atom stereocenters. The van der Waals surface area contributed by atoms with Crippen LogP contribution in [-0.2, 0) is 4.79 Å². The van der Waals surface area contributed by atoms with Gasteiger partial charge in [0.2, 0.25) is 0 Å². The fourth-order valence-electron chi connectivity index (χ4n) is 0.401. The standard InChI is InChI=1S/C8H17NO2/c1-8(2,3)9-6-4-5-7(10)11/h9H,4-6H2,1-3H3,(H,10,11)/i4D,5D2,6D/hD. The van der Waals surface area contributed by atoms with Crippen LogP contribution in [-0.4, -0.2) is 23.1 Å². The van der Waals surface area contributed by atoms with Crippen molar-refractivity contribution in [3.05, 3.63) is 0 Å². The Kier molecular flexibility index (Phi) is 1.76. The Morgan fingerprint density at radius 2 is 2.36 bits per heavy atom. The van der Waals surface area contributed by atoms with E-state index in [9.17, 15) is 4.79 Å². The van der Waals surface area contributed by atoms with E-state index < -0.39 is 30.8 Å². The van der Waals surface area contributed by atoms with Crippen molar-refractivity contribution in [1.29, 1.82) is 1.43 Å². The van der Waals surface area contributed by atoms with Crippen LogP contribution in [0.4, 0.5) is 0 Å². The highest BCUT2D eigenvalue weighted by Crippen LogP contribution is 1.98. The molecule has 0 fully saturated rings. The summed E-state index contributed by atoms with van der Waals surface area (Å²) in [5.41, 5.74) is -0.466. The van der Waals surface area contributed by atoms with Gasteiger partial charge in [-0.2, -0.15) is 0 Å². The molecular formula is C8H17NO2. The number of hydrogen-bond acceptors (Lipinski definition) is 3. The smallest absolute Gasteiger partial charge is 0.303 e. The minimum absolute atomic E-state index is 0.466. The van der Waals surface area contributed by atoms with Crippen molar-refractivity contribution in [1.82, 2.24) is 5.32 Å². The maximum Gasteiger partial charge on any atom is 0.303 e. The van der Waals surface area contributed by atoms with Crippen LogP contribution in [0.2, 0.25) is 0 Å². The summed E-state index contributed by atoms with van der Waals surface area (Å²) in [5.74, 6) is -1.46. The third-order valence-corrected chi connectivity index (χ3v) is 0.801. The van der Waals surface area contributed by atoms with Gasteiger partial charge in [0.15, 0.2) is 0 Å². The summed E-state index contributed by atoms with van der Waals surface area (Å²) in [6, 6.07) is 0. The fraction of sp³-hybridized carbons (Fsp3) is 0.875. The molecule has 0 saturated heterocycles. The Hall–Kier alpha value is -0.570. The Balaban J connectivity index is 4.66. The molecule has 0 aliphatic heterocycles. The predicted molar refractivity (Wildman–Crippen MR) is 44.6 cm³/mol. The average molecular weight is 164 g/mol. The SMILES string of the molecule is [2H]OC(=O)C([2H])([2H])C([2H])C([2H])NC(C)(C)C. The molecule has 0 aromatic rings. The summed E-state index contributed by atoms with van der Waals surface area (Å²) in [4.78, 5) is 10.9. The van der Waals surface area contributed by atoms with Gasteiger partial charge in [-0.15, -0.1) is 0 Å².